The summed E-state index contributed by atoms with van der Waals surface area (Å²) in [5, 5.41) is 5.23. The summed E-state index contributed by atoms with van der Waals surface area (Å²) in [5.41, 5.74) is -0.359. The SMILES string of the molecule is NS(=O)(=O)CC1(COc2c(Br)cccc2Br)CCCC1. The van der Waals surface area contributed by atoms with Gasteiger partial charge in [-0.1, -0.05) is 18.9 Å². The zero-order chi connectivity index (χ0) is 14.8. The molecule has 0 bridgehead atoms. The Bertz CT molecular complexity index is 563. The maximum absolute atomic E-state index is 11.4. The molecule has 0 unspecified atom stereocenters. The van der Waals surface area contributed by atoms with Gasteiger partial charge in [-0.2, -0.15) is 0 Å². The van der Waals surface area contributed by atoms with Crippen molar-refractivity contribution < 1.29 is 13.2 Å². The van der Waals surface area contributed by atoms with Gasteiger partial charge in [-0.05, 0) is 56.8 Å². The number of hydrogen-bond donors (Lipinski definition) is 1. The van der Waals surface area contributed by atoms with Gasteiger partial charge >= 0.3 is 0 Å². The van der Waals surface area contributed by atoms with Crippen molar-refractivity contribution in [3.8, 4) is 5.75 Å². The van der Waals surface area contributed by atoms with E-state index in [0.29, 0.717) is 12.4 Å². The van der Waals surface area contributed by atoms with Gasteiger partial charge in [0.05, 0.1) is 21.3 Å². The number of halogens is 2. The fraction of sp³-hybridized carbons (Fsp3) is 0.538. The third kappa shape index (κ3) is 4.19. The van der Waals surface area contributed by atoms with Crippen LogP contribution in [0.3, 0.4) is 0 Å². The molecule has 0 amide bonds. The van der Waals surface area contributed by atoms with Crippen molar-refractivity contribution in [2.24, 2.45) is 10.6 Å². The highest BCUT2D eigenvalue weighted by Crippen LogP contribution is 2.41. The fourth-order valence-corrected chi connectivity index (χ4v) is 5.18. The van der Waals surface area contributed by atoms with Crippen LogP contribution in [0.4, 0.5) is 0 Å². The molecular weight excluding hydrogens is 410 g/mol. The van der Waals surface area contributed by atoms with Crippen LogP contribution in [0.1, 0.15) is 25.7 Å². The van der Waals surface area contributed by atoms with Crippen LogP contribution >= 0.6 is 31.9 Å². The number of nitrogens with two attached hydrogens (primary N) is 1. The van der Waals surface area contributed by atoms with Crippen molar-refractivity contribution >= 4 is 41.9 Å². The smallest absolute Gasteiger partial charge is 0.209 e. The summed E-state index contributed by atoms with van der Waals surface area (Å²) in [4.78, 5) is 0. The van der Waals surface area contributed by atoms with Gasteiger partial charge in [0, 0.05) is 5.41 Å². The third-order valence-corrected chi connectivity index (χ3v) is 5.88. The van der Waals surface area contributed by atoms with Gasteiger partial charge in [0.2, 0.25) is 10.0 Å². The van der Waals surface area contributed by atoms with Crippen LogP contribution in [0.25, 0.3) is 0 Å². The quantitative estimate of drug-likeness (QED) is 0.783. The Balaban J connectivity index is 2.14. The van der Waals surface area contributed by atoms with E-state index in [1.54, 1.807) is 0 Å². The lowest BCUT2D eigenvalue weighted by molar-refractivity contribution is 0.169. The molecule has 1 saturated carbocycles. The molecule has 0 atom stereocenters. The zero-order valence-electron chi connectivity index (χ0n) is 10.9. The highest BCUT2D eigenvalue weighted by molar-refractivity contribution is 9.11. The first kappa shape index (κ1) is 16.3. The summed E-state index contributed by atoms with van der Waals surface area (Å²) >= 11 is 6.88. The summed E-state index contributed by atoms with van der Waals surface area (Å²) < 4.78 is 30.5. The number of sulfonamides is 1. The minimum absolute atomic E-state index is 0.0118. The van der Waals surface area contributed by atoms with Crippen molar-refractivity contribution in [1.82, 2.24) is 0 Å². The molecule has 1 aliphatic carbocycles. The van der Waals surface area contributed by atoms with Crippen LogP contribution < -0.4 is 9.88 Å². The molecule has 2 rings (SSSR count). The Kier molecular flexibility index (Phi) is 5.15. The lowest BCUT2D eigenvalue weighted by atomic mass is 9.90. The van der Waals surface area contributed by atoms with Crippen molar-refractivity contribution in [1.29, 1.82) is 0 Å². The maximum Gasteiger partial charge on any atom is 0.209 e. The molecule has 0 heterocycles. The Hall–Kier alpha value is -0.110. The molecular formula is C13H17Br2NO3S. The average molecular weight is 427 g/mol. The molecule has 0 aromatic heterocycles. The molecule has 0 spiro atoms. The van der Waals surface area contributed by atoms with Gasteiger partial charge in [-0.3, -0.25) is 0 Å². The highest BCUT2D eigenvalue weighted by Gasteiger charge is 2.38. The summed E-state index contributed by atoms with van der Waals surface area (Å²) in [5.74, 6) is 0.690. The molecule has 1 fully saturated rings. The molecule has 20 heavy (non-hydrogen) atoms. The van der Waals surface area contributed by atoms with E-state index >= 15 is 0 Å². The molecule has 0 radical (unpaired) electrons. The largest absolute Gasteiger partial charge is 0.491 e. The number of para-hydroxylation sites is 1. The second-order valence-electron chi connectivity index (χ2n) is 5.35. The lowest BCUT2D eigenvalue weighted by Gasteiger charge is -2.28. The number of ether oxygens (including phenoxy) is 1. The Morgan fingerprint density at radius 3 is 2.25 bits per heavy atom. The molecule has 4 nitrogen and oxygen atoms in total. The highest BCUT2D eigenvalue weighted by atomic mass is 79.9. The number of hydrogen-bond acceptors (Lipinski definition) is 3. The molecule has 7 heteroatoms. The zero-order valence-corrected chi connectivity index (χ0v) is 14.9. The van der Waals surface area contributed by atoms with Crippen LogP contribution in [-0.4, -0.2) is 20.8 Å². The van der Waals surface area contributed by atoms with Crippen LogP contribution in [0.5, 0.6) is 5.75 Å². The normalized spacial score (nSPS) is 18.1. The maximum atomic E-state index is 11.4. The van der Waals surface area contributed by atoms with Gasteiger partial charge in [-0.15, -0.1) is 0 Å². The Labute approximate surface area is 136 Å². The van der Waals surface area contributed by atoms with Gasteiger partial charge in [0.1, 0.15) is 5.75 Å². The lowest BCUT2D eigenvalue weighted by Crippen LogP contribution is -2.36. The average Bonchev–Trinajstić information content (AvgIpc) is 2.75. The minimum atomic E-state index is -3.49. The molecule has 1 aromatic carbocycles. The van der Waals surface area contributed by atoms with Gasteiger partial charge < -0.3 is 4.74 Å². The van der Waals surface area contributed by atoms with Gasteiger partial charge in [0.15, 0.2) is 0 Å². The Morgan fingerprint density at radius 1 is 1.20 bits per heavy atom. The standard InChI is InChI=1S/C13H17Br2NO3S/c14-10-4-3-5-11(15)12(10)19-8-13(6-1-2-7-13)9-20(16,17)18/h3-5H,1-2,6-9H2,(H2,16,17,18). The monoisotopic (exact) mass is 425 g/mol. The number of benzene rings is 1. The molecule has 1 aliphatic rings. The molecule has 0 aliphatic heterocycles. The van der Waals surface area contributed by atoms with E-state index in [1.165, 1.54) is 0 Å². The summed E-state index contributed by atoms with van der Waals surface area (Å²) in [7, 11) is -3.49. The second kappa shape index (κ2) is 6.34. The first-order valence-electron chi connectivity index (χ1n) is 6.39. The summed E-state index contributed by atoms with van der Waals surface area (Å²) in [6.07, 6.45) is 3.73. The van der Waals surface area contributed by atoms with Crippen LogP contribution in [0, 0.1) is 5.41 Å². The first-order chi connectivity index (χ1) is 9.31. The number of primary sulfonamides is 1. The van der Waals surface area contributed by atoms with Gasteiger partial charge in [-0.25, -0.2) is 13.6 Å². The van der Waals surface area contributed by atoms with Gasteiger partial charge in [0.25, 0.3) is 0 Å². The number of rotatable bonds is 5. The van der Waals surface area contributed by atoms with E-state index in [0.717, 1.165) is 34.6 Å². The van der Waals surface area contributed by atoms with Crippen molar-refractivity contribution in [3.63, 3.8) is 0 Å². The predicted octanol–water partition coefficient (Wildman–Crippen LogP) is 3.44. The second-order valence-corrected chi connectivity index (χ2v) is 8.68. The van der Waals surface area contributed by atoms with E-state index in [1.807, 2.05) is 18.2 Å². The van der Waals surface area contributed by atoms with Crippen molar-refractivity contribution in [2.45, 2.75) is 25.7 Å². The third-order valence-electron chi connectivity index (χ3n) is 3.61. The molecule has 1 aromatic rings. The summed E-state index contributed by atoms with van der Waals surface area (Å²) in [6, 6.07) is 5.68. The topological polar surface area (TPSA) is 69.4 Å². The van der Waals surface area contributed by atoms with E-state index in [4.69, 9.17) is 9.88 Å². The predicted molar refractivity (Wildman–Crippen MR) is 86.2 cm³/mol. The van der Waals surface area contributed by atoms with E-state index in [2.05, 4.69) is 31.9 Å². The molecule has 2 N–H and O–H groups in total. The van der Waals surface area contributed by atoms with E-state index < -0.39 is 10.0 Å². The van der Waals surface area contributed by atoms with Crippen LogP contribution in [0.15, 0.2) is 27.1 Å². The first-order valence-corrected chi connectivity index (χ1v) is 9.69. The summed E-state index contributed by atoms with van der Waals surface area (Å²) in [6.45, 7) is 0.366. The van der Waals surface area contributed by atoms with E-state index in [-0.39, 0.29) is 11.2 Å². The Morgan fingerprint density at radius 2 is 1.75 bits per heavy atom. The van der Waals surface area contributed by atoms with Crippen LogP contribution in [-0.2, 0) is 10.0 Å². The fourth-order valence-electron chi connectivity index (χ4n) is 2.73. The molecule has 112 valence electrons. The van der Waals surface area contributed by atoms with Crippen molar-refractivity contribution in [3.05, 3.63) is 27.1 Å². The van der Waals surface area contributed by atoms with E-state index in [9.17, 15) is 8.42 Å². The minimum Gasteiger partial charge on any atom is -0.491 e. The van der Waals surface area contributed by atoms with Crippen LogP contribution in [0.2, 0.25) is 0 Å². The molecule has 0 saturated heterocycles. The van der Waals surface area contributed by atoms with Crippen molar-refractivity contribution in [2.75, 3.05) is 12.4 Å².